The number of hydrogen-bond acceptors (Lipinski definition) is 3. The molecule has 1 saturated heterocycles. The second-order valence-electron chi connectivity index (χ2n) is 4.60. The van der Waals surface area contributed by atoms with Crippen LogP contribution in [-0.2, 0) is 11.2 Å². The lowest BCUT2D eigenvalue weighted by Gasteiger charge is -2.26. The van der Waals surface area contributed by atoms with Gasteiger partial charge in [0, 0.05) is 20.1 Å². The number of β-amino-alcohol motifs (C(OH)–C–C–N with tert-alkyl or cyclic N) is 1. The number of likely N-dealkylation sites (N-methyl/N-ethyl adjacent to an activating group) is 1. The van der Waals surface area contributed by atoms with E-state index in [0.717, 1.165) is 0 Å². The molecular formula is C13H17FN2O2. The number of carbonyl (C=O) groups is 1. The summed E-state index contributed by atoms with van der Waals surface area (Å²) in [5.41, 5.74) is 0.646. The van der Waals surface area contributed by atoms with Crippen molar-refractivity contribution in [1.82, 2.24) is 10.2 Å². The van der Waals surface area contributed by atoms with Crippen molar-refractivity contribution in [2.75, 3.05) is 20.1 Å². The minimum atomic E-state index is -0.536. The summed E-state index contributed by atoms with van der Waals surface area (Å²) in [7, 11) is 1.67. The molecule has 0 radical (unpaired) electrons. The SMILES string of the molecule is CN(C(=O)Cc1cccc(F)c1)[C@H]1CNC[C@@H]1O. The molecule has 2 N–H and O–H groups in total. The molecule has 1 amide bonds. The zero-order valence-electron chi connectivity index (χ0n) is 10.3. The highest BCUT2D eigenvalue weighted by Gasteiger charge is 2.30. The Morgan fingerprint density at radius 2 is 2.33 bits per heavy atom. The van der Waals surface area contributed by atoms with Crippen LogP contribution >= 0.6 is 0 Å². The number of rotatable bonds is 3. The van der Waals surface area contributed by atoms with Crippen LogP contribution < -0.4 is 5.32 Å². The topological polar surface area (TPSA) is 52.6 Å². The molecule has 0 spiro atoms. The minimum Gasteiger partial charge on any atom is -0.390 e. The Labute approximate surface area is 105 Å². The van der Waals surface area contributed by atoms with Gasteiger partial charge in [-0.2, -0.15) is 0 Å². The fourth-order valence-corrected chi connectivity index (χ4v) is 2.18. The van der Waals surface area contributed by atoms with Crippen molar-refractivity contribution in [2.24, 2.45) is 0 Å². The van der Waals surface area contributed by atoms with E-state index in [1.165, 1.54) is 17.0 Å². The molecule has 1 aromatic carbocycles. The van der Waals surface area contributed by atoms with Crippen LogP contribution in [-0.4, -0.2) is 48.2 Å². The molecule has 1 heterocycles. The molecule has 4 nitrogen and oxygen atoms in total. The lowest BCUT2D eigenvalue weighted by atomic mass is 10.1. The van der Waals surface area contributed by atoms with E-state index in [4.69, 9.17) is 0 Å². The van der Waals surface area contributed by atoms with Crippen LogP contribution in [0.1, 0.15) is 5.56 Å². The van der Waals surface area contributed by atoms with Gasteiger partial charge in [0.05, 0.1) is 18.6 Å². The zero-order valence-corrected chi connectivity index (χ0v) is 10.3. The van der Waals surface area contributed by atoms with E-state index in [-0.39, 0.29) is 24.2 Å². The summed E-state index contributed by atoms with van der Waals surface area (Å²) in [5, 5.41) is 12.7. The molecule has 1 aliphatic rings. The van der Waals surface area contributed by atoms with Crippen LogP contribution in [0.25, 0.3) is 0 Å². The molecule has 0 aromatic heterocycles. The van der Waals surface area contributed by atoms with Gasteiger partial charge in [-0.05, 0) is 17.7 Å². The van der Waals surface area contributed by atoms with Gasteiger partial charge in [0.2, 0.25) is 5.91 Å². The van der Waals surface area contributed by atoms with Crippen molar-refractivity contribution < 1.29 is 14.3 Å². The highest BCUT2D eigenvalue weighted by atomic mass is 19.1. The maximum absolute atomic E-state index is 13.0. The number of hydrogen-bond donors (Lipinski definition) is 2. The van der Waals surface area contributed by atoms with Crippen LogP contribution in [0.5, 0.6) is 0 Å². The number of aliphatic hydroxyl groups is 1. The molecule has 5 heteroatoms. The average molecular weight is 252 g/mol. The first-order chi connectivity index (χ1) is 8.58. The van der Waals surface area contributed by atoms with Crippen LogP contribution in [0.15, 0.2) is 24.3 Å². The molecule has 1 aromatic rings. The second-order valence-corrected chi connectivity index (χ2v) is 4.60. The molecule has 98 valence electrons. The Balaban J connectivity index is 1.99. The summed E-state index contributed by atoms with van der Waals surface area (Å²) in [6, 6.07) is 5.81. The fraction of sp³-hybridized carbons (Fsp3) is 0.462. The van der Waals surface area contributed by atoms with Crippen LogP contribution in [0, 0.1) is 5.82 Å². The number of carbonyl (C=O) groups excluding carboxylic acids is 1. The van der Waals surface area contributed by atoms with Gasteiger partial charge in [0.1, 0.15) is 5.82 Å². The van der Waals surface area contributed by atoms with Crippen molar-refractivity contribution in [3.8, 4) is 0 Å². The van der Waals surface area contributed by atoms with E-state index in [1.807, 2.05) is 0 Å². The molecule has 2 rings (SSSR count). The standard InChI is InChI=1S/C13H17FN2O2/c1-16(11-7-15-8-12(11)17)13(18)6-9-3-2-4-10(14)5-9/h2-5,11-12,15,17H,6-8H2,1H3/t11-,12-/m0/s1. The van der Waals surface area contributed by atoms with E-state index in [2.05, 4.69) is 5.32 Å². The number of nitrogens with zero attached hydrogens (tertiary/aromatic N) is 1. The summed E-state index contributed by atoms with van der Waals surface area (Å²) in [6.07, 6.45) is -0.385. The predicted molar refractivity (Wildman–Crippen MR) is 65.5 cm³/mol. The van der Waals surface area contributed by atoms with Crippen molar-refractivity contribution in [3.05, 3.63) is 35.6 Å². The lowest BCUT2D eigenvalue weighted by Crippen LogP contribution is -2.44. The molecular weight excluding hydrogens is 235 g/mol. The molecule has 2 atom stereocenters. The fourth-order valence-electron chi connectivity index (χ4n) is 2.18. The molecule has 0 saturated carbocycles. The molecule has 1 aliphatic heterocycles. The van der Waals surface area contributed by atoms with Crippen molar-refractivity contribution in [1.29, 1.82) is 0 Å². The number of benzene rings is 1. The average Bonchev–Trinajstić information content (AvgIpc) is 2.74. The maximum atomic E-state index is 13.0. The Kier molecular flexibility index (Phi) is 3.93. The highest BCUT2D eigenvalue weighted by Crippen LogP contribution is 2.11. The van der Waals surface area contributed by atoms with Gasteiger partial charge in [-0.1, -0.05) is 12.1 Å². The van der Waals surface area contributed by atoms with Gasteiger partial charge >= 0.3 is 0 Å². The first kappa shape index (κ1) is 13.0. The summed E-state index contributed by atoms with van der Waals surface area (Å²) in [6.45, 7) is 1.09. The van der Waals surface area contributed by atoms with E-state index >= 15 is 0 Å². The van der Waals surface area contributed by atoms with Gasteiger partial charge in [-0.25, -0.2) is 4.39 Å². The molecule has 0 aliphatic carbocycles. The van der Waals surface area contributed by atoms with Gasteiger partial charge in [0.15, 0.2) is 0 Å². The van der Waals surface area contributed by atoms with Crippen LogP contribution in [0.2, 0.25) is 0 Å². The van der Waals surface area contributed by atoms with E-state index in [0.29, 0.717) is 18.7 Å². The predicted octanol–water partition coefficient (Wildman–Crippen LogP) is 0.159. The van der Waals surface area contributed by atoms with Crippen molar-refractivity contribution >= 4 is 5.91 Å². The van der Waals surface area contributed by atoms with Crippen LogP contribution in [0.3, 0.4) is 0 Å². The third-order valence-electron chi connectivity index (χ3n) is 3.29. The van der Waals surface area contributed by atoms with Crippen molar-refractivity contribution in [3.63, 3.8) is 0 Å². The Morgan fingerprint density at radius 1 is 1.56 bits per heavy atom. The second kappa shape index (κ2) is 5.46. The van der Waals surface area contributed by atoms with Gasteiger partial charge < -0.3 is 15.3 Å². The van der Waals surface area contributed by atoms with Crippen molar-refractivity contribution in [2.45, 2.75) is 18.6 Å². The quantitative estimate of drug-likeness (QED) is 0.805. The summed E-state index contributed by atoms with van der Waals surface area (Å²) in [4.78, 5) is 13.6. The largest absolute Gasteiger partial charge is 0.390 e. The van der Waals surface area contributed by atoms with Crippen LogP contribution in [0.4, 0.5) is 4.39 Å². The normalized spacial score (nSPS) is 23.1. The minimum absolute atomic E-state index is 0.117. The zero-order chi connectivity index (χ0) is 13.1. The third kappa shape index (κ3) is 2.86. The van der Waals surface area contributed by atoms with Gasteiger partial charge in [-0.3, -0.25) is 4.79 Å². The molecule has 18 heavy (non-hydrogen) atoms. The number of aliphatic hydroxyl groups excluding tert-OH is 1. The summed E-state index contributed by atoms with van der Waals surface area (Å²) in [5.74, 6) is -0.459. The van der Waals surface area contributed by atoms with E-state index < -0.39 is 6.10 Å². The van der Waals surface area contributed by atoms with E-state index in [9.17, 15) is 14.3 Å². The highest BCUT2D eigenvalue weighted by molar-refractivity contribution is 5.79. The number of amides is 1. The molecule has 0 bridgehead atoms. The Bertz CT molecular complexity index is 439. The van der Waals surface area contributed by atoms with E-state index in [1.54, 1.807) is 19.2 Å². The first-order valence-electron chi connectivity index (χ1n) is 5.97. The molecule has 0 unspecified atom stereocenters. The summed E-state index contributed by atoms with van der Waals surface area (Å²) < 4.78 is 13.0. The number of nitrogens with one attached hydrogen (secondary N) is 1. The Hall–Kier alpha value is -1.46. The lowest BCUT2D eigenvalue weighted by molar-refractivity contribution is -0.132. The molecule has 1 fully saturated rings. The summed E-state index contributed by atoms with van der Waals surface area (Å²) >= 11 is 0. The third-order valence-corrected chi connectivity index (χ3v) is 3.29. The smallest absolute Gasteiger partial charge is 0.227 e. The van der Waals surface area contributed by atoms with Gasteiger partial charge in [-0.15, -0.1) is 0 Å². The Morgan fingerprint density at radius 3 is 2.94 bits per heavy atom. The monoisotopic (exact) mass is 252 g/mol. The number of halogens is 1. The van der Waals surface area contributed by atoms with Gasteiger partial charge in [0.25, 0.3) is 0 Å². The maximum Gasteiger partial charge on any atom is 0.227 e. The first-order valence-corrected chi connectivity index (χ1v) is 5.97.